The summed E-state index contributed by atoms with van der Waals surface area (Å²) in [5.74, 6) is 0. The summed E-state index contributed by atoms with van der Waals surface area (Å²) in [5, 5.41) is 10.0. The molecule has 0 heterocycles. The third kappa shape index (κ3) is 4.33. The van der Waals surface area contributed by atoms with Crippen molar-refractivity contribution in [1.29, 1.82) is 0 Å². The maximum Gasteiger partial charge on any atom is 0.0802 e. The second kappa shape index (κ2) is 6.66. The highest BCUT2D eigenvalue weighted by Gasteiger charge is 2.08. The smallest absolute Gasteiger partial charge is 0.0802 e. The van der Waals surface area contributed by atoms with E-state index in [1.807, 2.05) is 12.1 Å². The fourth-order valence-corrected chi connectivity index (χ4v) is 1.88. The van der Waals surface area contributed by atoms with Gasteiger partial charge in [-0.05, 0) is 38.9 Å². The second-order valence-corrected chi connectivity index (χ2v) is 4.52. The number of benzene rings is 1. The summed E-state index contributed by atoms with van der Waals surface area (Å²) in [4.78, 5) is 2.26. The minimum absolute atomic E-state index is 0.334. The average molecular weight is 221 g/mol. The average Bonchev–Trinajstić information content (AvgIpc) is 2.26. The van der Waals surface area contributed by atoms with E-state index >= 15 is 0 Å². The summed E-state index contributed by atoms with van der Waals surface area (Å²) < 4.78 is 0. The minimum atomic E-state index is -0.334. The van der Waals surface area contributed by atoms with Crippen molar-refractivity contribution in [1.82, 2.24) is 4.90 Å². The van der Waals surface area contributed by atoms with Crippen LogP contribution in [0.25, 0.3) is 0 Å². The maximum absolute atomic E-state index is 10.0. The Morgan fingerprint density at radius 1 is 1.31 bits per heavy atom. The monoisotopic (exact) mass is 221 g/mol. The Kier molecular flexibility index (Phi) is 5.50. The van der Waals surface area contributed by atoms with Crippen LogP contribution >= 0.6 is 0 Å². The van der Waals surface area contributed by atoms with Crippen LogP contribution in [0.5, 0.6) is 0 Å². The molecule has 0 aromatic heterocycles. The molecule has 0 radical (unpaired) electrons. The quantitative estimate of drug-likeness (QED) is 0.798. The first-order valence-electron chi connectivity index (χ1n) is 6.06. The molecule has 1 atom stereocenters. The molecule has 0 aliphatic carbocycles. The van der Waals surface area contributed by atoms with Crippen LogP contribution < -0.4 is 0 Å². The van der Waals surface area contributed by atoms with Gasteiger partial charge in [0.15, 0.2) is 0 Å². The molecule has 90 valence electrons. The molecule has 0 fully saturated rings. The first-order valence-corrected chi connectivity index (χ1v) is 6.06. The Balaban J connectivity index is 2.43. The number of aliphatic hydroxyl groups is 1. The Hall–Kier alpha value is -0.860. The zero-order chi connectivity index (χ0) is 12.0. The van der Waals surface area contributed by atoms with Crippen LogP contribution in [-0.4, -0.2) is 30.1 Å². The van der Waals surface area contributed by atoms with Gasteiger partial charge in [-0.3, -0.25) is 0 Å². The van der Waals surface area contributed by atoms with Gasteiger partial charge in [-0.1, -0.05) is 36.8 Å². The number of aryl methyl sites for hydroxylation is 1. The molecular formula is C14H23NO. The largest absolute Gasteiger partial charge is 0.388 e. The molecule has 2 heteroatoms. The zero-order valence-corrected chi connectivity index (χ0v) is 10.6. The lowest BCUT2D eigenvalue weighted by molar-refractivity contribution is 0.149. The molecule has 0 aliphatic heterocycles. The van der Waals surface area contributed by atoms with E-state index in [9.17, 15) is 5.11 Å². The summed E-state index contributed by atoms with van der Waals surface area (Å²) in [5.41, 5.74) is 2.24. The highest BCUT2D eigenvalue weighted by Crippen LogP contribution is 2.17. The first-order chi connectivity index (χ1) is 7.63. The third-order valence-corrected chi connectivity index (χ3v) is 2.82. The summed E-state index contributed by atoms with van der Waals surface area (Å²) in [6.07, 6.45) is 1.64. The molecule has 0 aliphatic rings. The van der Waals surface area contributed by atoms with Crippen molar-refractivity contribution in [2.45, 2.75) is 32.8 Å². The van der Waals surface area contributed by atoms with Gasteiger partial charge in [-0.2, -0.15) is 0 Å². The number of hydrogen-bond donors (Lipinski definition) is 1. The molecule has 1 N–H and O–H groups in total. The number of nitrogens with zero attached hydrogens (tertiary/aromatic N) is 1. The van der Waals surface area contributed by atoms with Crippen LogP contribution in [0.1, 0.15) is 37.0 Å². The SMILES string of the molecule is CCCN(C)CCC(O)c1cccc(C)c1. The van der Waals surface area contributed by atoms with Crippen molar-refractivity contribution in [3.63, 3.8) is 0 Å². The van der Waals surface area contributed by atoms with Gasteiger partial charge >= 0.3 is 0 Å². The lowest BCUT2D eigenvalue weighted by Gasteiger charge is -2.18. The van der Waals surface area contributed by atoms with Gasteiger partial charge in [0.1, 0.15) is 0 Å². The Bertz CT molecular complexity index is 311. The molecule has 1 aromatic rings. The van der Waals surface area contributed by atoms with Crippen molar-refractivity contribution in [2.24, 2.45) is 0 Å². The lowest BCUT2D eigenvalue weighted by atomic mass is 10.0. The fourth-order valence-electron chi connectivity index (χ4n) is 1.88. The van der Waals surface area contributed by atoms with E-state index in [4.69, 9.17) is 0 Å². The standard InChI is InChI=1S/C14H23NO/c1-4-9-15(3)10-8-14(16)13-7-5-6-12(2)11-13/h5-7,11,14,16H,4,8-10H2,1-3H3. The predicted octanol–water partition coefficient (Wildman–Crippen LogP) is 2.76. The maximum atomic E-state index is 10.0. The summed E-state index contributed by atoms with van der Waals surface area (Å²) in [6.45, 7) is 6.27. The Morgan fingerprint density at radius 2 is 2.06 bits per heavy atom. The molecule has 0 saturated heterocycles. The van der Waals surface area contributed by atoms with Crippen LogP contribution in [0, 0.1) is 6.92 Å². The zero-order valence-electron chi connectivity index (χ0n) is 10.6. The Morgan fingerprint density at radius 3 is 2.69 bits per heavy atom. The van der Waals surface area contributed by atoms with Gasteiger partial charge in [-0.15, -0.1) is 0 Å². The van der Waals surface area contributed by atoms with Crippen molar-refractivity contribution < 1.29 is 5.11 Å². The van der Waals surface area contributed by atoms with Crippen molar-refractivity contribution >= 4 is 0 Å². The molecule has 16 heavy (non-hydrogen) atoms. The number of aliphatic hydroxyl groups excluding tert-OH is 1. The molecule has 1 aromatic carbocycles. The van der Waals surface area contributed by atoms with Crippen molar-refractivity contribution in [2.75, 3.05) is 20.1 Å². The molecule has 1 rings (SSSR count). The van der Waals surface area contributed by atoms with E-state index in [-0.39, 0.29) is 6.10 Å². The second-order valence-electron chi connectivity index (χ2n) is 4.52. The van der Waals surface area contributed by atoms with Crippen LogP contribution in [0.3, 0.4) is 0 Å². The number of hydrogen-bond acceptors (Lipinski definition) is 2. The van der Waals surface area contributed by atoms with Crippen LogP contribution in [0.15, 0.2) is 24.3 Å². The summed E-state index contributed by atoms with van der Waals surface area (Å²) >= 11 is 0. The molecule has 0 bridgehead atoms. The van der Waals surface area contributed by atoms with Gasteiger partial charge in [0.25, 0.3) is 0 Å². The lowest BCUT2D eigenvalue weighted by Crippen LogP contribution is -2.22. The van der Waals surface area contributed by atoms with Gasteiger partial charge in [-0.25, -0.2) is 0 Å². The van der Waals surface area contributed by atoms with Crippen molar-refractivity contribution in [3.05, 3.63) is 35.4 Å². The van der Waals surface area contributed by atoms with E-state index in [1.54, 1.807) is 0 Å². The number of rotatable bonds is 6. The highest BCUT2D eigenvalue weighted by atomic mass is 16.3. The van der Waals surface area contributed by atoms with Crippen LogP contribution in [0.4, 0.5) is 0 Å². The highest BCUT2D eigenvalue weighted by molar-refractivity contribution is 5.23. The molecule has 0 spiro atoms. The molecule has 0 saturated carbocycles. The summed E-state index contributed by atoms with van der Waals surface area (Å²) in [6, 6.07) is 8.12. The van der Waals surface area contributed by atoms with E-state index < -0.39 is 0 Å². The van der Waals surface area contributed by atoms with E-state index in [1.165, 1.54) is 5.56 Å². The topological polar surface area (TPSA) is 23.5 Å². The Labute approximate surface area is 98.9 Å². The molecule has 2 nitrogen and oxygen atoms in total. The predicted molar refractivity (Wildman–Crippen MR) is 68.5 cm³/mol. The van der Waals surface area contributed by atoms with Crippen LogP contribution in [-0.2, 0) is 0 Å². The molecule has 0 amide bonds. The van der Waals surface area contributed by atoms with Gasteiger partial charge in [0.05, 0.1) is 6.10 Å². The van der Waals surface area contributed by atoms with Crippen LogP contribution in [0.2, 0.25) is 0 Å². The molecular weight excluding hydrogens is 198 g/mol. The van der Waals surface area contributed by atoms with E-state index in [0.717, 1.165) is 31.5 Å². The minimum Gasteiger partial charge on any atom is -0.388 e. The van der Waals surface area contributed by atoms with Gasteiger partial charge < -0.3 is 10.0 Å². The fraction of sp³-hybridized carbons (Fsp3) is 0.571. The summed E-state index contributed by atoms with van der Waals surface area (Å²) in [7, 11) is 2.10. The van der Waals surface area contributed by atoms with E-state index in [2.05, 4.69) is 37.9 Å². The third-order valence-electron chi connectivity index (χ3n) is 2.82. The van der Waals surface area contributed by atoms with Crippen molar-refractivity contribution in [3.8, 4) is 0 Å². The normalized spacial score (nSPS) is 13.1. The van der Waals surface area contributed by atoms with Gasteiger partial charge in [0, 0.05) is 6.54 Å². The van der Waals surface area contributed by atoms with E-state index in [0.29, 0.717) is 0 Å². The first kappa shape index (κ1) is 13.2. The molecule has 1 unspecified atom stereocenters. The van der Waals surface area contributed by atoms with Gasteiger partial charge in [0.2, 0.25) is 0 Å².